The van der Waals surface area contributed by atoms with Crippen molar-refractivity contribution in [1.29, 1.82) is 0 Å². The Hall–Kier alpha value is -1.86. The first-order chi connectivity index (χ1) is 8.40. The summed E-state index contributed by atoms with van der Waals surface area (Å²) in [6.45, 7) is 1.56. The molecule has 0 radical (unpaired) electrons. The third kappa shape index (κ3) is 3.30. The third-order valence-corrected chi connectivity index (χ3v) is 2.00. The number of ether oxygens (including phenoxy) is 1. The van der Waals surface area contributed by atoms with E-state index < -0.39 is 0 Å². The molecule has 0 aliphatic rings. The molecule has 0 saturated carbocycles. The topological polar surface area (TPSA) is 100.0 Å². The van der Waals surface area contributed by atoms with Crippen molar-refractivity contribution in [2.75, 3.05) is 19.8 Å². The molecule has 7 nitrogen and oxygen atoms in total. The van der Waals surface area contributed by atoms with Crippen LogP contribution in [0.2, 0.25) is 0 Å². The highest BCUT2D eigenvalue weighted by Crippen LogP contribution is 2.11. The van der Waals surface area contributed by atoms with Gasteiger partial charge in [0, 0.05) is 12.7 Å². The first-order valence-electron chi connectivity index (χ1n) is 5.27. The largest absolute Gasteiger partial charge is 0.380 e. The summed E-state index contributed by atoms with van der Waals surface area (Å²) in [4.78, 5) is 12.0. The molecule has 0 saturated heterocycles. The summed E-state index contributed by atoms with van der Waals surface area (Å²) in [5, 5.41) is 3.83. The van der Waals surface area contributed by atoms with E-state index in [2.05, 4.69) is 20.1 Å². The molecule has 0 aliphatic heterocycles. The molecule has 90 valence electrons. The monoisotopic (exact) mass is 235 g/mol. The molecule has 2 N–H and O–H groups in total. The lowest BCUT2D eigenvalue weighted by Gasteiger charge is -1.97. The molecule has 0 spiro atoms. The van der Waals surface area contributed by atoms with Crippen molar-refractivity contribution in [3.05, 3.63) is 24.5 Å². The first kappa shape index (κ1) is 11.6. The Balaban J connectivity index is 1.92. The van der Waals surface area contributed by atoms with Gasteiger partial charge in [-0.1, -0.05) is 5.16 Å². The fourth-order valence-corrected chi connectivity index (χ4v) is 1.23. The standard InChI is InChI=1S/C10H13N5O2/c11-3-6-16-5-2-9-14-10(15-17-9)8-1-4-12-7-13-8/h1,4,7H,2-3,5-6,11H2. The second-order valence-electron chi connectivity index (χ2n) is 3.26. The molecule has 0 atom stereocenters. The van der Waals surface area contributed by atoms with E-state index in [1.165, 1.54) is 6.33 Å². The second-order valence-corrected chi connectivity index (χ2v) is 3.26. The molecule has 0 aromatic carbocycles. The number of nitrogens with two attached hydrogens (primary N) is 1. The van der Waals surface area contributed by atoms with E-state index >= 15 is 0 Å². The van der Waals surface area contributed by atoms with Crippen LogP contribution in [0.5, 0.6) is 0 Å². The average Bonchev–Trinajstić information content (AvgIpc) is 2.85. The average molecular weight is 235 g/mol. The van der Waals surface area contributed by atoms with Crippen LogP contribution in [0.3, 0.4) is 0 Å². The van der Waals surface area contributed by atoms with E-state index in [1.54, 1.807) is 12.3 Å². The summed E-state index contributed by atoms with van der Waals surface area (Å²) in [7, 11) is 0. The highest BCUT2D eigenvalue weighted by Gasteiger charge is 2.08. The molecule has 0 amide bonds. The smallest absolute Gasteiger partial charge is 0.229 e. The lowest BCUT2D eigenvalue weighted by Crippen LogP contribution is -2.10. The van der Waals surface area contributed by atoms with Crippen LogP contribution in [0.4, 0.5) is 0 Å². The van der Waals surface area contributed by atoms with Crippen molar-refractivity contribution in [2.45, 2.75) is 6.42 Å². The van der Waals surface area contributed by atoms with Gasteiger partial charge in [-0.2, -0.15) is 4.98 Å². The van der Waals surface area contributed by atoms with Crippen LogP contribution in [0.1, 0.15) is 5.89 Å². The van der Waals surface area contributed by atoms with Crippen LogP contribution in [0, 0.1) is 0 Å². The van der Waals surface area contributed by atoms with E-state index in [9.17, 15) is 0 Å². The Kier molecular flexibility index (Phi) is 4.11. The van der Waals surface area contributed by atoms with Gasteiger partial charge < -0.3 is 15.0 Å². The van der Waals surface area contributed by atoms with Gasteiger partial charge in [0.25, 0.3) is 0 Å². The van der Waals surface area contributed by atoms with E-state index in [4.69, 9.17) is 15.0 Å². The fourth-order valence-electron chi connectivity index (χ4n) is 1.23. The summed E-state index contributed by atoms with van der Waals surface area (Å²) in [5.74, 6) is 0.983. The van der Waals surface area contributed by atoms with E-state index in [0.717, 1.165) is 0 Å². The van der Waals surface area contributed by atoms with Crippen molar-refractivity contribution < 1.29 is 9.26 Å². The van der Waals surface area contributed by atoms with Gasteiger partial charge in [0.15, 0.2) is 0 Å². The lowest BCUT2D eigenvalue weighted by molar-refractivity contribution is 0.138. The summed E-state index contributed by atoms with van der Waals surface area (Å²) < 4.78 is 10.3. The molecule has 2 aromatic rings. The van der Waals surface area contributed by atoms with Gasteiger partial charge in [-0.15, -0.1) is 0 Å². The number of rotatable bonds is 6. The van der Waals surface area contributed by atoms with Gasteiger partial charge in [-0.3, -0.25) is 0 Å². The maximum atomic E-state index is 5.30. The van der Waals surface area contributed by atoms with Gasteiger partial charge in [-0.05, 0) is 6.07 Å². The number of nitrogens with zero attached hydrogens (tertiary/aromatic N) is 4. The van der Waals surface area contributed by atoms with E-state index in [1.807, 2.05) is 0 Å². The molecular formula is C10H13N5O2. The Morgan fingerprint density at radius 2 is 2.29 bits per heavy atom. The maximum absolute atomic E-state index is 5.30. The van der Waals surface area contributed by atoms with Crippen LogP contribution >= 0.6 is 0 Å². The number of hydrogen-bond donors (Lipinski definition) is 1. The van der Waals surface area contributed by atoms with Crippen LogP contribution in [-0.2, 0) is 11.2 Å². The highest BCUT2D eigenvalue weighted by molar-refractivity contribution is 5.46. The lowest BCUT2D eigenvalue weighted by atomic mass is 10.4. The maximum Gasteiger partial charge on any atom is 0.229 e. The molecule has 0 fully saturated rings. The summed E-state index contributed by atoms with van der Waals surface area (Å²) >= 11 is 0. The zero-order valence-electron chi connectivity index (χ0n) is 9.24. The Morgan fingerprint density at radius 3 is 3.06 bits per heavy atom. The van der Waals surface area contributed by atoms with Crippen LogP contribution in [0.15, 0.2) is 23.1 Å². The minimum Gasteiger partial charge on any atom is -0.380 e. The quantitative estimate of drug-likeness (QED) is 0.705. The molecule has 2 aromatic heterocycles. The van der Waals surface area contributed by atoms with Crippen LogP contribution in [0.25, 0.3) is 11.5 Å². The van der Waals surface area contributed by atoms with Crippen molar-refractivity contribution in [2.24, 2.45) is 5.73 Å². The molecule has 7 heteroatoms. The van der Waals surface area contributed by atoms with Crippen LogP contribution in [-0.4, -0.2) is 39.9 Å². The van der Waals surface area contributed by atoms with Gasteiger partial charge in [0.05, 0.1) is 19.6 Å². The molecule has 0 aliphatic carbocycles. The summed E-state index contributed by atoms with van der Waals surface area (Å²) in [6, 6.07) is 1.72. The Labute approximate surface area is 98.0 Å². The van der Waals surface area contributed by atoms with Gasteiger partial charge in [-0.25, -0.2) is 9.97 Å². The first-order valence-corrected chi connectivity index (χ1v) is 5.27. The second kappa shape index (κ2) is 6.02. The van der Waals surface area contributed by atoms with Gasteiger partial charge in [0.2, 0.25) is 11.7 Å². The zero-order chi connectivity index (χ0) is 11.9. The molecule has 2 heterocycles. The summed E-state index contributed by atoms with van der Waals surface area (Å²) in [5.41, 5.74) is 5.93. The Morgan fingerprint density at radius 1 is 1.35 bits per heavy atom. The van der Waals surface area contributed by atoms with Gasteiger partial charge >= 0.3 is 0 Å². The summed E-state index contributed by atoms with van der Waals surface area (Å²) in [6.07, 6.45) is 3.64. The predicted molar refractivity (Wildman–Crippen MR) is 58.9 cm³/mol. The molecule has 17 heavy (non-hydrogen) atoms. The number of aromatic nitrogens is 4. The molecule has 0 bridgehead atoms. The van der Waals surface area contributed by atoms with Gasteiger partial charge in [0.1, 0.15) is 12.0 Å². The van der Waals surface area contributed by atoms with Crippen molar-refractivity contribution in [3.8, 4) is 11.5 Å². The third-order valence-electron chi connectivity index (χ3n) is 2.00. The van der Waals surface area contributed by atoms with Crippen molar-refractivity contribution in [1.82, 2.24) is 20.1 Å². The normalized spacial score (nSPS) is 10.6. The molecular weight excluding hydrogens is 222 g/mol. The molecule has 0 unspecified atom stereocenters. The zero-order valence-corrected chi connectivity index (χ0v) is 9.24. The van der Waals surface area contributed by atoms with Crippen molar-refractivity contribution in [3.63, 3.8) is 0 Å². The fraction of sp³-hybridized carbons (Fsp3) is 0.400. The van der Waals surface area contributed by atoms with E-state index in [0.29, 0.717) is 43.6 Å². The minimum absolute atomic E-state index is 0.459. The SMILES string of the molecule is NCCOCCc1nc(-c2ccncn2)no1. The minimum atomic E-state index is 0.459. The molecule has 2 rings (SSSR count). The number of hydrogen-bond acceptors (Lipinski definition) is 7. The van der Waals surface area contributed by atoms with Crippen LogP contribution < -0.4 is 5.73 Å². The predicted octanol–water partition coefficient (Wildman–Crippen LogP) is 0.0444. The van der Waals surface area contributed by atoms with E-state index in [-0.39, 0.29) is 0 Å². The Bertz CT molecular complexity index is 445. The highest BCUT2D eigenvalue weighted by atomic mass is 16.5. The van der Waals surface area contributed by atoms with Crippen molar-refractivity contribution >= 4 is 0 Å².